The lowest BCUT2D eigenvalue weighted by molar-refractivity contribution is 0.0696. The van der Waals surface area contributed by atoms with Gasteiger partial charge in [-0.1, -0.05) is 49.6 Å². The first-order chi connectivity index (χ1) is 19.0. The predicted octanol–water partition coefficient (Wildman–Crippen LogP) is 6.48. The van der Waals surface area contributed by atoms with Crippen LogP contribution in [0.25, 0.3) is 22.0 Å². The van der Waals surface area contributed by atoms with Crippen LogP contribution in [0.15, 0.2) is 47.4 Å². The Morgan fingerprint density at radius 3 is 2.38 bits per heavy atom. The van der Waals surface area contributed by atoms with Crippen LogP contribution in [-0.2, 0) is 21.0 Å². The molecule has 7 heteroatoms. The molecule has 216 valence electrons. The van der Waals surface area contributed by atoms with E-state index in [0.29, 0.717) is 24.0 Å². The molecule has 0 bridgehead atoms. The highest BCUT2D eigenvalue weighted by Crippen LogP contribution is 2.37. The number of nitrogens with one attached hydrogen (secondary N) is 2. The molecule has 2 aliphatic rings. The number of benzene rings is 2. The average Bonchev–Trinajstić information content (AvgIpc) is 3.23. The van der Waals surface area contributed by atoms with E-state index in [0.717, 1.165) is 52.7 Å². The van der Waals surface area contributed by atoms with E-state index in [1.54, 1.807) is 0 Å². The molecular weight excluding hydrogens is 518 g/mol. The fourth-order valence-corrected chi connectivity index (χ4v) is 8.32. The molecule has 1 unspecified atom stereocenters. The van der Waals surface area contributed by atoms with Crippen LogP contribution in [0, 0.1) is 12.8 Å². The summed E-state index contributed by atoms with van der Waals surface area (Å²) in [4.78, 5) is 14.3. The smallest absolute Gasteiger partial charge is 0.253 e. The molecule has 5 rings (SSSR count). The van der Waals surface area contributed by atoms with Gasteiger partial charge in [-0.15, -0.1) is 0 Å². The molecule has 1 aromatic heterocycles. The van der Waals surface area contributed by atoms with Gasteiger partial charge in [0.15, 0.2) is 0 Å². The number of hydrogen-bond acceptors (Lipinski definition) is 3. The topological polar surface area (TPSA) is 72.4 Å². The van der Waals surface area contributed by atoms with Gasteiger partial charge in [0.05, 0.1) is 20.2 Å². The van der Waals surface area contributed by atoms with Crippen LogP contribution in [-0.4, -0.2) is 45.3 Å². The molecule has 0 spiro atoms. The van der Waals surface area contributed by atoms with E-state index in [1.807, 2.05) is 45.0 Å². The molecule has 1 atom stereocenters. The van der Waals surface area contributed by atoms with Gasteiger partial charge in [0.2, 0.25) is 0 Å². The third-order valence-electron chi connectivity index (χ3n) is 8.32. The van der Waals surface area contributed by atoms with E-state index in [9.17, 15) is 9.00 Å². The predicted molar refractivity (Wildman–Crippen MR) is 166 cm³/mol. The van der Waals surface area contributed by atoms with Crippen molar-refractivity contribution in [3.63, 3.8) is 0 Å². The lowest BCUT2D eigenvalue weighted by Crippen LogP contribution is -2.40. The molecular formula is C33H45N3O3S. The molecule has 2 heterocycles. The van der Waals surface area contributed by atoms with Crippen LogP contribution in [0.2, 0.25) is 0 Å². The van der Waals surface area contributed by atoms with E-state index in [1.165, 1.54) is 32.1 Å². The molecule has 2 N–H and O–H groups in total. The quantitative estimate of drug-likeness (QED) is 0.323. The zero-order chi connectivity index (χ0) is 28.5. The Kier molecular flexibility index (Phi) is 8.46. The van der Waals surface area contributed by atoms with E-state index in [2.05, 4.69) is 45.6 Å². The second kappa shape index (κ2) is 11.7. The minimum Gasteiger partial charge on any atom is -0.381 e. The maximum atomic E-state index is 13.8. The second-order valence-corrected chi connectivity index (χ2v) is 14.7. The summed E-state index contributed by atoms with van der Waals surface area (Å²) in [6.45, 7) is 10.4. The van der Waals surface area contributed by atoms with Gasteiger partial charge >= 0.3 is 0 Å². The summed E-state index contributed by atoms with van der Waals surface area (Å²) in [5, 5.41) is 5.22. The van der Waals surface area contributed by atoms with Gasteiger partial charge in [-0.05, 0) is 88.1 Å². The standard InChI is InChI=1S/C33H45N3O3S/c1-23-29(32(37)34-25-17-19-39-20-18-25)21-30(36(23)22-24-11-7-6-8-12-24)27-15-16-31(28-14-10-9-13-26(27)28)40(5,38)35-33(2,3)4/h9-10,13-16,21,24-25H,5-8,11-12,17-20,22H2,1-4H3,(H,34,37)(H,35,38). The molecule has 1 aliphatic carbocycles. The number of nitrogens with zero attached hydrogens (tertiary/aromatic N) is 1. The Balaban J connectivity index is 1.60. The van der Waals surface area contributed by atoms with Crippen LogP contribution in [0.1, 0.15) is 81.8 Å². The Morgan fingerprint density at radius 1 is 1.02 bits per heavy atom. The van der Waals surface area contributed by atoms with Gasteiger partial charge in [-0.2, -0.15) is 0 Å². The van der Waals surface area contributed by atoms with Gasteiger partial charge in [0, 0.05) is 48.3 Å². The molecule has 1 amide bonds. The average molecular weight is 564 g/mol. The molecule has 2 fully saturated rings. The lowest BCUT2D eigenvalue weighted by atomic mass is 9.89. The van der Waals surface area contributed by atoms with Crippen molar-refractivity contribution >= 4 is 32.3 Å². The molecule has 1 saturated carbocycles. The number of carbonyl (C=O) groups is 1. The zero-order valence-electron chi connectivity index (χ0n) is 24.6. The minimum absolute atomic E-state index is 0.0101. The first-order valence-electron chi connectivity index (χ1n) is 14.8. The summed E-state index contributed by atoms with van der Waals surface area (Å²) >= 11 is 0. The molecule has 1 saturated heterocycles. The zero-order valence-corrected chi connectivity index (χ0v) is 25.4. The number of amides is 1. The van der Waals surface area contributed by atoms with Crippen molar-refractivity contribution < 1.29 is 13.7 Å². The summed E-state index contributed by atoms with van der Waals surface area (Å²) in [6.07, 6.45) is 8.00. The van der Waals surface area contributed by atoms with Crippen molar-refractivity contribution in [2.24, 2.45) is 5.92 Å². The van der Waals surface area contributed by atoms with E-state index >= 15 is 0 Å². The van der Waals surface area contributed by atoms with Crippen molar-refractivity contribution in [1.29, 1.82) is 0 Å². The highest BCUT2D eigenvalue weighted by Gasteiger charge is 2.26. The van der Waals surface area contributed by atoms with Crippen LogP contribution in [0.3, 0.4) is 0 Å². The largest absolute Gasteiger partial charge is 0.381 e. The normalized spacial score (nSPS) is 19.0. The lowest BCUT2D eigenvalue weighted by Gasteiger charge is -2.26. The van der Waals surface area contributed by atoms with E-state index in [4.69, 9.17) is 4.74 Å². The van der Waals surface area contributed by atoms with Gasteiger partial charge in [-0.25, -0.2) is 8.93 Å². The second-order valence-electron chi connectivity index (χ2n) is 12.7. The van der Waals surface area contributed by atoms with Crippen molar-refractivity contribution in [2.45, 2.75) is 95.7 Å². The summed E-state index contributed by atoms with van der Waals surface area (Å²) in [6, 6.07) is 14.4. The highest BCUT2D eigenvalue weighted by molar-refractivity contribution is 7.98. The maximum absolute atomic E-state index is 13.8. The summed E-state index contributed by atoms with van der Waals surface area (Å²) < 4.78 is 24.9. The van der Waals surface area contributed by atoms with Crippen LogP contribution in [0.5, 0.6) is 0 Å². The Labute approximate surface area is 240 Å². The Hall–Kier alpha value is -2.61. The highest BCUT2D eigenvalue weighted by atomic mass is 32.2. The molecule has 0 radical (unpaired) electrons. The first kappa shape index (κ1) is 28.9. The number of carbonyl (C=O) groups excluding carboxylic acids is 1. The maximum Gasteiger partial charge on any atom is 0.253 e. The van der Waals surface area contributed by atoms with Crippen molar-refractivity contribution in [3.8, 4) is 11.3 Å². The van der Waals surface area contributed by atoms with Gasteiger partial charge < -0.3 is 14.6 Å². The Bertz CT molecular complexity index is 1470. The van der Waals surface area contributed by atoms with Crippen LogP contribution >= 0.6 is 0 Å². The molecule has 3 aromatic rings. The first-order valence-corrected chi connectivity index (χ1v) is 16.5. The van der Waals surface area contributed by atoms with E-state index < -0.39 is 9.71 Å². The third-order valence-corrected chi connectivity index (χ3v) is 10.3. The fraction of sp³-hybridized carbons (Fsp3) is 0.515. The van der Waals surface area contributed by atoms with E-state index in [-0.39, 0.29) is 17.5 Å². The van der Waals surface area contributed by atoms with Crippen molar-refractivity contribution in [2.75, 3.05) is 13.2 Å². The third kappa shape index (κ3) is 6.32. The number of hydrogen-bond donors (Lipinski definition) is 2. The van der Waals surface area contributed by atoms with Gasteiger partial charge in [-0.3, -0.25) is 4.79 Å². The number of fused-ring (bicyclic) bond motifs is 1. The van der Waals surface area contributed by atoms with Crippen molar-refractivity contribution in [1.82, 2.24) is 14.6 Å². The summed E-state index contributed by atoms with van der Waals surface area (Å²) in [5.41, 5.74) is 3.49. The molecule has 6 nitrogen and oxygen atoms in total. The van der Waals surface area contributed by atoms with Crippen LogP contribution < -0.4 is 10.0 Å². The summed E-state index contributed by atoms with van der Waals surface area (Å²) in [5.74, 6) is 4.71. The molecule has 2 aromatic carbocycles. The number of aromatic nitrogens is 1. The number of ether oxygens (including phenoxy) is 1. The van der Waals surface area contributed by atoms with Gasteiger partial charge in [0.1, 0.15) is 0 Å². The van der Waals surface area contributed by atoms with Gasteiger partial charge in [0.25, 0.3) is 5.91 Å². The molecule has 40 heavy (non-hydrogen) atoms. The molecule has 1 aliphatic heterocycles. The SMILES string of the molecule is C=S(=O)(NC(C)(C)C)c1ccc(-c2cc(C(=O)NC3CCOCC3)c(C)n2CC2CCCCC2)c2ccccc12. The number of rotatable bonds is 7. The minimum atomic E-state index is -2.74. The Morgan fingerprint density at radius 2 is 1.70 bits per heavy atom. The fourth-order valence-electron chi connectivity index (χ4n) is 6.40. The summed E-state index contributed by atoms with van der Waals surface area (Å²) in [7, 11) is -2.74. The monoisotopic (exact) mass is 563 g/mol. The van der Waals surface area contributed by atoms with Crippen LogP contribution in [0.4, 0.5) is 0 Å². The van der Waals surface area contributed by atoms with Crippen molar-refractivity contribution in [3.05, 3.63) is 53.7 Å².